The summed E-state index contributed by atoms with van der Waals surface area (Å²) in [5.74, 6) is -0.383. The van der Waals surface area contributed by atoms with Crippen LogP contribution in [-0.2, 0) is 27.1 Å². The molecule has 0 saturated heterocycles. The molecule has 0 bridgehead atoms. The summed E-state index contributed by atoms with van der Waals surface area (Å²) < 4.78 is 12.1. The molecule has 2 rings (SSSR count). The molecule has 0 saturated carbocycles. The zero-order valence-corrected chi connectivity index (χ0v) is 15.7. The summed E-state index contributed by atoms with van der Waals surface area (Å²) in [4.78, 5) is 29.2. The number of hydrogen-bond donors (Lipinski definition) is 1. The van der Waals surface area contributed by atoms with Gasteiger partial charge in [0.05, 0.1) is 24.1 Å². The number of ether oxygens (including phenoxy) is 2. The molecule has 0 aliphatic heterocycles. The van der Waals surface area contributed by atoms with E-state index >= 15 is 0 Å². The monoisotopic (exact) mass is 362 g/mol. The van der Waals surface area contributed by atoms with E-state index in [2.05, 4.69) is 4.98 Å². The molecule has 7 nitrogen and oxygen atoms in total. The molecule has 2 aromatic rings. The molecule has 0 amide bonds. The van der Waals surface area contributed by atoms with Gasteiger partial charge in [-0.1, -0.05) is 0 Å². The van der Waals surface area contributed by atoms with Gasteiger partial charge in [0.2, 0.25) is 0 Å². The van der Waals surface area contributed by atoms with Crippen LogP contribution in [0.15, 0.2) is 18.3 Å². The third-order valence-corrected chi connectivity index (χ3v) is 3.71. The SMILES string of the molecule is CCOC(=O)Cc1c(CCCO)n(C(=O)OC(C)(C)C)c2cccnc12. The number of carbonyl (C=O) groups is 2. The third-order valence-electron chi connectivity index (χ3n) is 3.71. The molecule has 7 heteroatoms. The molecule has 1 N–H and O–H groups in total. The van der Waals surface area contributed by atoms with Gasteiger partial charge in [-0.05, 0) is 52.7 Å². The van der Waals surface area contributed by atoms with Crippen molar-refractivity contribution in [2.75, 3.05) is 13.2 Å². The molecule has 0 atom stereocenters. The maximum Gasteiger partial charge on any atom is 0.419 e. The van der Waals surface area contributed by atoms with Crippen LogP contribution >= 0.6 is 0 Å². The van der Waals surface area contributed by atoms with E-state index < -0.39 is 11.7 Å². The highest BCUT2D eigenvalue weighted by molar-refractivity contribution is 5.93. The quantitative estimate of drug-likeness (QED) is 0.795. The molecule has 2 aromatic heterocycles. The van der Waals surface area contributed by atoms with Gasteiger partial charge in [-0.25, -0.2) is 9.36 Å². The van der Waals surface area contributed by atoms with E-state index in [1.807, 2.05) is 0 Å². The summed E-state index contributed by atoms with van der Waals surface area (Å²) in [7, 11) is 0. The Morgan fingerprint density at radius 3 is 2.65 bits per heavy atom. The van der Waals surface area contributed by atoms with E-state index in [0.29, 0.717) is 35.1 Å². The molecule has 2 heterocycles. The van der Waals surface area contributed by atoms with Crippen LogP contribution in [-0.4, -0.2) is 45.5 Å². The van der Waals surface area contributed by atoms with Crippen LogP contribution in [0.5, 0.6) is 0 Å². The van der Waals surface area contributed by atoms with Gasteiger partial charge < -0.3 is 14.6 Å². The van der Waals surface area contributed by atoms with Gasteiger partial charge in [-0.3, -0.25) is 9.78 Å². The van der Waals surface area contributed by atoms with Gasteiger partial charge in [0.25, 0.3) is 0 Å². The lowest BCUT2D eigenvalue weighted by Crippen LogP contribution is -2.28. The lowest BCUT2D eigenvalue weighted by molar-refractivity contribution is -0.142. The minimum absolute atomic E-state index is 0.0118. The second-order valence-corrected chi connectivity index (χ2v) is 6.92. The van der Waals surface area contributed by atoms with Crippen molar-refractivity contribution in [3.8, 4) is 0 Å². The smallest absolute Gasteiger partial charge is 0.419 e. The van der Waals surface area contributed by atoms with E-state index in [1.165, 1.54) is 4.57 Å². The van der Waals surface area contributed by atoms with Crippen molar-refractivity contribution in [2.45, 2.75) is 52.6 Å². The molecule has 0 spiro atoms. The van der Waals surface area contributed by atoms with Gasteiger partial charge in [0, 0.05) is 24.1 Å². The normalized spacial score (nSPS) is 11.6. The Labute approximate surface area is 152 Å². The fourth-order valence-corrected chi connectivity index (χ4v) is 2.79. The van der Waals surface area contributed by atoms with E-state index in [0.717, 1.165) is 0 Å². The number of aromatic nitrogens is 2. The number of carbonyl (C=O) groups excluding carboxylic acids is 2. The van der Waals surface area contributed by atoms with E-state index in [4.69, 9.17) is 9.47 Å². The van der Waals surface area contributed by atoms with Gasteiger partial charge in [-0.2, -0.15) is 0 Å². The van der Waals surface area contributed by atoms with Crippen LogP contribution in [0.25, 0.3) is 11.0 Å². The van der Waals surface area contributed by atoms with Gasteiger partial charge in [-0.15, -0.1) is 0 Å². The van der Waals surface area contributed by atoms with Crippen molar-refractivity contribution in [1.29, 1.82) is 0 Å². The first-order chi connectivity index (χ1) is 12.3. The zero-order valence-electron chi connectivity index (χ0n) is 15.7. The van der Waals surface area contributed by atoms with E-state index in [9.17, 15) is 14.7 Å². The fraction of sp³-hybridized carbons (Fsp3) is 0.526. The van der Waals surface area contributed by atoms with Crippen LogP contribution in [0, 0.1) is 0 Å². The van der Waals surface area contributed by atoms with Crippen LogP contribution in [0.2, 0.25) is 0 Å². The number of esters is 1. The average molecular weight is 362 g/mol. The maximum absolute atomic E-state index is 12.8. The Hall–Kier alpha value is -2.41. The highest BCUT2D eigenvalue weighted by atomic mass is 16.6. The van der Waals surface area contributed by atoms with Crippen molar-refractivity contribution in [2.24, 2.45) is 0 Å². The minimum Gasteiger partial charge on any atom is -0.466 e. The Morgan fingerprint density at radius 2 is 2.04 bits per heavy atom. The molecule has 0 unspecified atom stereocenters. The Morgan fingerprint density at radius 1 is 1.31 bits per heavy atom. The van der Waals surface area contributed by atoms with E-state index in [-0.39, 0.29) is 25.6 Å². The highest BCUT2D eigenvalue weighted by Gasteiger charge is 2.27. The van der Waals surface area contributed by atoms with Crippen molar-refractivity contribution in [1.82, 2.24) is 9.55 Å². The molecule has 0 radical (unpaired) electrons. The highest BCUT2D eigenvalue weighted by Crippen LogP contribution is 2.28. The summed E-state index contributed by atoms with van der Waals surface area (Å²) in [6.45, 7) is 7.38. The number of aliphatic hydroxyl groups excluding tert-OH is 1. The van der Waals surface area contributed by atoms with Crippen LogP contribution in [0.4, 0.5) is 4.79 Å². The number of hydrogen-bond acceptors (Lipinski definition) is 6. The van der Waals surface area contributed by atoms with Crippen molar-refractivity contribution in [3.63, 3.8) is 0 Å². The number of aliphatic hydroxyl groups is 1. The molecule has 26 heavy (non-hydrogen) atoms. The average Bonchev–Trinajstić information content (AvgIpc) is 2.85. The van der Waals surface area contributed by atoms with Gasteiger partial charge >= 0.3 is 12.1 Å². The lowest BCUT2D eigenvalue weighted by Gasteiger charge is -2.21. The third kappa shape index (κ3) is 4.60. The Kier molecular flexibility index (Phi) is 6.37. The predicted octanol–water partition coefficient (Wildman–Crippen LogP) is 2.85. The van der Waals surface area contributed by atoms with Crippen molar-refractivity contribution in [3.05, 3.63) is 29.6 Å². The van der Waals surface area contributed by atoms with Gasteiger partial charge in [0.15, 0.2) is 0 Å². The Bertz CT molecular complexity index is 789. The first kappa shape index (κ1) is 19.9. The number of fused-ring (bicyclic) bond motifs is 1. The zero-order chi connectivity index (χ0) is 19.3. The standard InChI is InChI=1S/C19H26N2O5/c1-5-25-16(23)12-13-14(9-7-11-22)21(18(24)26-19(2,3)4)15-8-6-10-20-17(13)15/h6,8,10,22H,5,7,9,11-12H2,1-4H3. The first-order valence-corrected chi connectivity index (χ1v) is 8.75. The number of rotatable bonds is 6. The molecule has 0 fully saturated rings. The number of nitrogens with zero attached hydrogens (tertiary/aromatic N) is 2. The van der Waals surface area contributed by atoms with E-state index in [1.54, 1.807) is 46.0 Å². The second-order valence-electron chi connectivity index (χ2n) is 6.92. The molecule has 0 aliphatic rings. The van der Waals surface area contributed by atoms with Crippen LogP contribution < -0.4 is 0 Å². The summed E-state index contributed by atoms with van der Waals surface area (Å²) in [5.41, 5.74) is 1.74. The number of pyridine rings is 1. The largest absolute Gasteiger partial charge is 0.466 e. The molecule has 0 aliphatic carbocycles. The lowest BCUT2D eigenvalue weighted by atomic mass is 10.1. The van der Waals surface area contributed by atoms with Crippen molar-refractivity contribution >= 4 is 23.1 Å². The minimum atomic E-state index is -0.661. The summed E-state index contributed by atoms with van der Waals surface area (Å²) >= 11 is 0. The summed E-state index contributed by atoms with van der Waals surface area (Å²) in [6, 6.07) is 3.50. The van der Waals surface area contributed by atoms with Crippen molar-refractivity contribution < 1.29 is 24.2 Å². The molecular formula is C19H26N2O5. The second kappa shape index (κ2) is 8.31. The van der Waals surface area contributed by atoms with Gasteiger partial charge in [0.1, 0.15) is 5.60 Å². The molecule has 142 valence electrons. The fourth-order valence-electron chi connectivity index (χ4n) is 2.79. The molecule has 0 aromatic carbocycles. The predicted molar refractivity (Wildman–Crippen MR) is 97.1 cm³/mol. The van der Waals surface area contributed by atoms with Crippen LogP contribution in [0.3, 0.4) is 0 Å². The summed E-state index contributed by atoms with van der Waals surface area (Å²) in [6.07, 6.45) is 1.97. The maximum atomic E-state index is 12.8. The van der Waals surface area contributed by atoms with Crippen LogP contribution in [0.1, 0.15) is 45.4 Å². The first-order valence-electron chi connectivity index (χ1n) is 8.75. The Balaban J connectivity index is 2.60. The topological polar surface area (TPSA) is 90.7 Å². The summed E-state index contributed by atoms with van der Waals surface area (Å²) in [5, 5.41) is 9.24. The molecular weight excluding hydrogens is 336 g/mol.